The molecule has 0 aliphatic rings. The molecule has 1 aromatic carbocycles. The van der Waals surface area contributed by atoms with Crippen LogP contribution >= 0.6 is 0 Å². The van der Waals surface area contributed by atoms with Crippen molar-refractivity contribution in [2.75, 3.05) is 19.6 Å². The van der Waals surface area contributed by atoms with Crippen LogP contribution in [-0.2, 0) is 6.42 Å². The van der Waals surface area contributed by atoms with E-state index in [1.54, 1.807) is 0 Å². The second-order valence-electron chi connectivity index (χ2n) is 8.24. The van der Waals surface area contributed by atoms with Gasteiger partial charge in [0, 0.05) is 6.54 Å². The Morgan fingerprint density at radius 3 is 1.96 bits per heavy atom. The zero-order valence-electron chi connectivity index (χ0n) is 18.4. The maximum Gasteiger partial charge on any atom is 0.116 e. The van der Waals surface area contributed by atoms with Crippen LogP contribution in [0.25, 0.3) is 11.0 Å². The van der Waals surface area contributed by atoms with Gasteiger partial charge in [-0.25, -0.2) is 0 Å². The van der Waals surface area contributed by atoms with E-state index in [-0.39, 0.29) is 0 Å². The predicted octanol–water partition coefficient (Wildman–Crippen LogP) is 6.52. The maximum atomic E-state index is 4.35. The second kappa shape index (κ2) is 14.6. The molecule has 0 aliphatic heterocycles. The van der Waals surface area contributed by atoms with Gasteiger partial charge < -0.3 is 4.90 Å². The molecule has 0 atom stereocenters. The summed E-state index contributed by atoms with van der Waals surface area (Å²) in [5, 5.41) is 11.3. The van der Waals surface area contributed by atoms with Crippen molar-refractivity contribution >= 4 is 11.0 Å². The molecule has 1 heterocycles. The second-order valence-corrected chi connectivity index (χ2v) is 8.24. The van der Waals surface area contributed by atoms with E-state index in [0.29, 0.717) is 0 Å². The number of hydrogen-bond donors (Lipinski definition) is 1. The highest BCUT2D eigenvalue weighted by Gasteiger charge is 2.09. The van der Waals surface area contributed by atoms with Crippen molar-refractivity contribution in [2.45, 2.75) is 97.3 Å². The van der Waals surface area contributed by atoms with E-state index >= 15 is 0 Å². The monoisotopic (exact) mass is 386 g/mol. The Balaban J connectivity index is 1.76. The number of H-pyrrole nitrogens is 1. The van der Waals surface area contributed by atoms with Crippen molar-refractivity contribution in [2.24, 2.45) is 0 Å². The van der Waals surface area contributed by atoms with Crippen LogP contribution < -0.4 is 0 Å². The normalized spacial score (nSPS) is 11.7. The lowest BCUT2D eigenvalue weighted by Crippen LogP contribution is -2.28. The van der Waals surface area contributed by atoms with Gasteiger partial charge in [0.1, 0.15) is 11.0 Å². The van der Waals surface area contributed by atoms with Crippen LogP contribution in [0, 0.1) is 0 Å². The van der Waals surface area contributed by atoms with Crippen LogP contribution in [-0.4, -0.2) is 39.9 Å². The third-order valence-corrected chi connectivity index (χ3v) is 5.78. The molecule has 0 saturated heterocycles. The Bertz CT molecular complexity index is 606. The van der Waals surface area contributed by atoms with Crippen LogP contribution in [0.15, 0.2) is 18.2 Å². The van der Waals surface area contributed by atoms with E-state index in [0.717, 1.165) is 24.0 Å². The fourth-order valence-corrected chi connectivity index (χ4v) is 3.97. The fourth-order valence-electron chi connectivity index (χ4n) is 3.97. The molecule has 4 heteroatoms. The molecule has 0 unspecified atom stereocenters. The number of aromatic nitrogens is 3. The van der Waals surface area contributed by atoms with Crippen molar-refractivity contribution in [3.63, 3.8) is 0 Å². The summed E-state index contributed by atoms with van der Waals surface area (Å²) >= 11 is 0. The first-order chi connectivity index (χ1) is 13.8. The molecule has 0 bridgehead atoms. The van der Waals surface area contributed by atoms with Gasteiger partial charge in [0.2, 0.25) is 0 Å². The number of para-hydroxylation sites is 1. The summed E-state index contributed by atoms with van der Waals surface area (Å²) in [5.74, 6) is 0. The number of unbranched alkanes of at least 4 members (excludes halogenated alkanes) is 10. The van der Waals surface area contributed by atoms with Gasteiger partial charge in [-0.3, -0.25) is 0 Å². The summed E-state index contributed by atoms with van der Waals surface area (Å²) in [6, 6.07) is 6.34. The number of benzene rings is 1. The van der Waals surface area contributed by atoms with Crippen LogP contribution in [0.3, 0.4) is 0 Å². The number of fused-ring (bicyclic) bond motifs is 1. The van der Waals surface area contributed by atoms with E-state index in [4.69, 9.17) is 0 Å². The van der Waals surface area contributed by atoms with E-state index in [1.807, 2.05) is 6.07 Å². The molecule has 0 spiro atoms. The number of nitrogens with one attached hydrogen (secondary N) is 1. The number of hydrogen-bond acceptors (Lipinski definition) is 3. The first kappa shape index (κ1) is 22.9. The van der Waals surface area contributed by atoms with Crippen LogP contribution in [0.5, 0.6) is 0 Å². The number of nitrogens with zero attached hydrogens (tertiary/aromatic N) is 3. The third-order valence-electron chi connectivity index (χ3n) is 5.78. The first-order valence-electron chi connectivity index (χ1n) is 11.9. The Morgan fingerprint density at radius 2 is 1.32 bits per heavy atom. The van der Waals surface area contributed by atoms with Gasteiger partial charge in [-0.15, -0.1) is 0 Å². The predicted molar refractivity (Wildman–Crippen MR) is 121 cm³/mol. The average molecular weight is 387 g/mol. The summed E-state index contributed by atoms with van der Waals surface area (Å²) in [4.78, 5) is 2.69. The smallest absolute Gasteiger partial charge is 0.116 e. The molecule has 1 N–H and O–H groups in total. The SMILES string of the molecule is CCCCCCCCN(CCCCCCCC)CCc1cccc2n[nH]nc12. The molecule has 1 aromatic heterocycles. The van der Waals surface area contributed by atoms with E-state index in [9.17, 15) is 0 Å². The van der Waals surface area contributed by atoms with Gasteiger partial charge >= 0.3 is 0 Å². The van der Waals surface area contributed by atoms with Gasteiger partial charge in [-0.2, -0.15) is 15.4 Å². The lowest BCUT2D eigenvalue weighted by Gasteiger charge is -2.22. The van der Waals surface area contributed by atoms with Gasteiger partial charge in [0.15, 0.2) is 0 Å². The highest BCUT2D eigenvalue weighted by molar-refractivity contribution is 5.77. The van der Waals surface area contributed by atoms with Crippen molar-refractivity contribution in [1.82, 2.24) is 20.3 Å². The highest BCUT2D eigenvalue weighted by Crippen LogP contribution is 2.15. The largest absolute Gasteiger partial charge is 0.303 e. The molecule has 0 fully saturated rings. The maximum absolute atomic E-state index is 4.35. The third kappa shape index (κ3) is 8.72. The van der Waals surface area contributed by atoms with Crippen LogP contribution in [0.4, 0.5) is 0 Å². The molecule has 0 aliphatic carbocycles. The molecular formula is C24H42N4. The molecule has 158 valence electrons. The minimum absolute atomic E-state index is 0.982. The molecule has 4 nitrogen and oxygen atoms in total. The molecule has 0 radical (unpaired) electrons. The van der Waals surface area contributed by atoms with Crippen LogP contribution in [0.2, 0.25) is 0 Å². The first-order valence-corrected chi connectivity index (χ1v) is 11.9. The van der Waals surface area contributed by atoms with Gasteiger partial charge in [0.25, 0.3) is 0 Å². The van der Waals surface area contributed by atoms with Crippen LogP contribution in [0.1, 0.15) is 96.5 Å². The molecule has 2 aromatic rings. The van der Waals surface area contributed by atoms with Crippen molar-refractivity contribution in [3.8, 4) is 0 Å². The van der Waals surface area contributed by atoms with Crippen molar-refractivity contribution in [3.05, 3.63) is 23.8 Å². The summed E-state index contributed by atoms with van der Waals surface area (Å²) in [5.41, 5.74) is 3.35. The summed E-state index contributed by atoms with van der Waals surface area (Å²) in [7, 11) is 0. The summed E-state index contributed by atoms with van der Waals surface area (Å²) in [6.07, 6.45) is 17.6. The lowest BCUT2D eigenvalue weighted by molar-refractivity contribution is 0.263. The zero-order valence-corrected chi connectivity index (χ0v) is 18.4. The minimum atomic E-state index is 0.982. The highest BCUT2D eigenvalue weighted by atomic mass is 15.3. The Kier molecular flexibility index (Phi) is 11.9. The molecule has 0 amide bonds. The minimum Gasteiger partial charge on any atom is -0.303 e. The van der Waals surface area contributed by atoms with E-state index in [2.05, 4.69) is 46.3 Å². The topological polar surface area (TPSA) is 44.8 Å². The van der Waals surface area contributed by atoms with Gasteiger partial charge in [-0.05, 0) is 44.0 Å². The summed E-state index contributed by atoms with van der Waals surface area (Å²) in [6.45, 7) is 8.21. The van der Waals surface area contributed by atoms with E-state index < -0.39 is 0 Å². The van der Waals surface area contributed by atoms with E-state index in [1.165, 1.54) is 95.7 Å². The average Bonchev–Trinajstić information content (AvgIpc) is 3.20. The summed E-state index contributed by atoms with van der Waals surface area (Å²) < 4.78 is 0. The number of aromatic amines is 1. The standard InChI is InChI=1S/C24H42N4/c1-3-5-7-9-11-13-19-28(20-14-12-10-8-6-4-2)21-18-22-16-15-17-23-24(22)26-27-25-23/h15-17H,3-14,18-21H2,1-2H3,(H,25,26,27). The fraction of sp³-hybridized carbons (Fsp3) is 0.750. The Morgan fingerprint density at radius 1 is 0.714 bits per heavy atom. The quantitative estimate of drug-likeness (QED) is 0.315. The van der Waals surface area contributed by atoms with Crippen molar-refractivity contribution in [1.29, 1.82) is 0 Å². The Hall–Kier alpha value is -1.42. The van der Waals surface area contributed by atoms with Gasteiger partial charge in [-0.1, -0.05) is 90.2 Å². The molecule has 28 heavy (non-hydrogen) atoms. The van der Waals surface area contributed by atoms with Gasteiger partial charge in [0.05, 0.1) is 0 Å². The zero-order chi connectivity index (χ0) is 19.9. The molecule has 2 rings (SSSR count). The Labute approximate surface area is 172 Å². The van der Waals surface area contributed by atoms with Crippen molar-refractivity contribution < 1.29 is 0 Å². The number of rotatable bonds is 17. The molecule has 0 saturated carbocycles. The molecular weight excluding hydrogens is 344 g/mol. The lowest BCUT2D eigenvalue weighted by atomic mass is 10.1.